The van der Waals surface area contributed by atoms with Gasteiger partial charge >= 0.3 is 5.97 Å². The first-order chi connectivity index (χ1) is 18.0. The molecule has 1 aliphatic rings. The van der Waals surface area contributed by atoms with Crippen molar-refractivity contribution in [3.63, 3.8) is 0 Å². The van der Waals surface area contributed by atoms with E-state index in [1.807, 2.05) is 91.7 Å². The van der Waals surface area contributed by atoms with E-state index in [0.29, 0.717) is 31.1 Å². The summed E-state index contributed by atoms with van der Waals surface area (Å²) < 4.78 is 18.2. The number of hydrogen-bond donors (Lipinski definition) is 1. The maximum Gasteiger partial charge on any atom is 0.303 e. The number of hydrogen-bond acceptors (Lipinski definition) is 6. The first kappa shape index (κ1) is 24.4. The summed E-state index contributed by atoms with van der Waals surface area (Å²) in [6, 6.07) is 25.6. The second kappa shape index (κ2) is 10.8. The van der Waals surface area contributed by atoms with Crippen LogP contribution in [0.25, 0.3) is 10.9 Å². The molecule has 2 unspecified atom stereocenters. The van der Waals surface area contributed by atoms with E-state index in [1.54, 1.807) is 0 Å². The third-order valence-corrected chi connectivity index (χ3v) is 6.65. The summed E-state index contributed by atoms with van der Waals surface area (Å²) in [7, 11) is 1.93. The summed E-state index contributed by atoms with van der Waals surface area (Å²) >= 11 is 0. The van der Waals surface area contributed by atoms with E-state index in [0.717, 1.165) is 33.6 Å². The lowest BCUT2D eigenvalue weighted by atomic mass is 10.00. The summed E-state index contributed by atoms with van der Waals surface area (Å²) in [5.41, 5.74) is 3.73. The summed E-state index contributed by atoms with van der Waals surface area (Å²) in [5, 5.41) is 10.4. The number of ether oxygens (including phenoxy) is 3. The van der Waals surface area contributed by atoms with Crippen molar-refractivity contribution < 1.29 is 24.1 Å². The summed E-state index contributed by atoms with van der Waals surface area (Å²) in [4.78, 5) is 17.9. The Balaban J connectivity index is 1.20. The van der Waals surface area contributed by atoms with Crippen molar-refractivity contribution >= 4 is 22.6 Å². The third kappa shape index (κ3) is 5.61. The molecule has 7 heteroatoms. The van der Waals surface area contributed by atoms with E-state index in [1.165, 1.54) is 0 Å². The van der Waals surface area contributed by atoms with Gasteiger partial charge in [-0.25, -0.2) is 4.98 Å². The second-order valence-corrected chi connectivity index (χ2v) is 9.24. The fourth-order valence-electron chi connectivity index (χ4n) is 4.64. The Labute approximate surface area is 216 Å². The number of rotatable bonds is 10. The van der Waals surface area contributed by atoms with Crippen LogP contribution in [0.3, 0.4) is 0 Å². The largest absolute Gasteiger partial charge is 0.489 e. The zero-order chi connectivity index (χ0) is 25.8. The SMILES string of the molecule is CCC(CC(=O)O)C1Oc2cc(OCc3cccc(OCc4ccc5ccccc5n4)c3)ccc2N1C. The molecule has 0 aliphatic carbocycles. The minimum atomic E-state index is -0.816. The van der Waals surface area contributed by atoms with Gasteiger partial charge in [-0.1, -0.05) is 43.3 Å². The first-order valence-corrected chi connectivity index (χ1v) is 12.4. The average molecular weight is 499 g/mol. The minimum absolute atomic E-state index is 0.0676. The van der Waals surface area contributed by atoms with Gasteiger partial charge in [-0.3, -0.25) is 4.79 Å². The molecule has 1 aromatic heterocycles. The van der Waals surface area contributed by atoms with Crippen LogP contribution in [0.4, 0.5) is 5.69 Å². The molecule has 4 aromatic rings. The van der Waals surface area contributed by atoms with Crippen molar-refractivity contribution in [3.8, 4) is 17.2 Å². The predicted molar refractivity (Wildman–Crippen MR) is 142 cm³/mol. The van der Waals surface area contributed by atoms with E-state index in [9.17, 15) is 9.90 Å². The van der Waals surface area contributed by atoms with Crippen LogP contribution in [-0.2, 0) is 18.0 Å². The summed E-state index contributed by atoms with van der Waals surface area (Å²) in [5.74, 6) is 1.22. The van der Waals surface area contributed by atoms with Crippen LogP contribution in [-0.4, -0.2) is 29.3 Å². The maximum absolute atomic E-state index is 11.3. The standard InChI is InChI=1S/C30H30N2O5/c1-3-21(16-29(33)34)30-32(2)27-14-13-25(17-28(27)37-30)35-18-20-7-6-9-24(15-20)36-19-23-12-11-22-8-4-5-10-26(22)31-23/h4-15,17,21,30H,3,16,18-19H2,1-2H3,(H,33,34). The fourth-order valence-corrected chi connectivity index (χ4v) is 4.64. The van der Waals surface area contributed by atoms with Gasteiger partial charge in [0.05, 0.1) is 23.3 Å². The predicted octanol–water partition coefficient (Wildman–Crippen LogP) is 6.05. The van der Waals surface area contributed by atoms with Gasteiger partial charge in [0.15, 0.2) is 6.23 Å². The number of carboxylic acid groups (broad SMARTS) is 1. The van der Waals surface area contributed by atoms with Gasteiger partial charge < -0.3 is 24.2 Å². The molecule has 2 atom stereocenters. The van der Waals surface area contributed by atoms with Crippen LogP contribution >= 0.6 is 0 Å². The van der Waals surface area contributed by atoms with Crippen LogP contribution in [0, 0.1) is 5.92 Å². The fraction of sp³-hybridized carbons (Fsp3) is 0.267. The number of aromatic nitrogens is 1. The quantitative estimate of drug-likeness (QED) is 0.285. The van der Waals surface area contributed by atoms with Gasteiger partial charge in [0.1, 0.15) is 30.5 Å². The lowest BCUT2D eigenvalue weighted by Crippen LogP contribution is -2.39. The molecule has 1 N–H and O–H groups in total. The molecule has 37 heavy (non-hydrogen) atoms. The Kier molecular flexibility index (Phi) is 7.12. The molecule has 0 spiro atoms. The van der Waals surface area contributed by atoms with Crippen LogP contribution in [0.15, 0.2) is 78.9 Å². The maximum atomic E-state index is 11.3. The molecular formula is C30H30N2O5. The van der Waals surface area contributed by atoms with Gasteiger partial charge in [-0.2, -0.15) is 0 Å². The van der Waals surface area contributed by atoms with Crippen molar-refractivity contribution in [1.82, 2.24) is 4.98 Å². The number of para-hydroxylation sites is 1. The van der Waals surface area contributed by atoms with Crippen LogP contribution in [0.2, 0.25) is 0 Å². The number of anilines is 1. The van der Waals surface area contributed by atoms with E-state index in [2.05, 4.69) is 11.1 Å². The van der Waals surface area contributed by atoms with Gasteiger partial charge in [-0.05, 0) is 48.4 Å². The molecule has 3 aromatic carbocycles. The Morgan fingerprint density at radius 2 is 1.81 bits per heavy atom. The smallest absolute Gasteiger partial charge is 0.303 e. The van der Waals surface area contributed by atoms with Crippen molar-refractivity contribution in [2.75, 3.05) is 11.9 Å². The topological polar surface area (TPSA) is 81.1 Å². The molecule has 0 bridgehead atoms. The highest BCUT2D eigenvalue weighted by molar-refractivity contribution is 5.78. The zero-order valence-corrected chi connectivity index (χ0v) is 21.0. The molecule has 7 nitrogen and oxygen atoms in total. The summed E-state index contributed by atoms with van der Waals surface area (Å²) in [6.45, 7) is 2.74. The number of aliphatic carboxylic acids is 1. The van der Waals surface area contributed by atoms with Crippen LogP contribution in [0.5, 0.6) is 17.2 Å². The molecule has 190 valence electrons. The molecule has 0 saturated heterocycles. The van der Waals surface area contributed by atoms with E-state index >= 15 is 0 Å². The van der Waals surface area contributed by atoms with E-state index < -0.39 is 5.97 Å². The molecule has 0 saturated carbocycles. The Morgan fingerprint density at radius 3 is 2.65 bits per heavy atom. The highest BCUT2D eigenvalue weighted by atomic mass is 16.5. The monoisotopic (exact) mass is 498 g/mol. The normalized spacial score (nSPS) is 15.2. The first-order valence-electron chi connectivity index (χ1n) is 12.4. The molecule has 0 fully saturated rings. The van der Waals surface area contributed by atoms with Gasteiger partial charge in [0, 0.05) is 24.4 Å². The van der Waals surface area contributed by atoms with Gasteiger partial charge in [0.2, 0.25) is 0 Å². The van der Waals surface area contributed by atoms with E-state index in [-0.39, 0.29) is 18.6 Å². The molecule has 5 rings (SSSR count). The van der Waals surface area contributed by atoms with Gasteiger partial charge in [-0.15, -0.1) is 0 Å². The van der Waals surface area contributed by atoms with Crippen molar-refractivity contribution in [2.24, 2.45) is 5.92 Å². The number of fused-ring (bicyclic) bond motifs is 2. The van der Waals surface area contributed by atoms with Crippen LogP contribution in [0.1, 0.15) is 31.0 Å². The molecule has 2 heterocycles. The van der Waals surface area contributed by atoms with Crippen molar-refractivity contribution in [3.05, 3.63) is 90.1 Å². The number of carboxylic acids is 1. The Hall–Kier alpha value is -4.26. The average Bonchev–Trinajstić information content (AvgIpc) is 3.24. The van der Waals surface area contributed by atoms with Crippen molar-refractivity contribution in [2.45, 2.75) is 39.2 Å². The van der Waals surface area contributed by atoms with Crippen molar-refractivity contribution in [1.29, 1.82) is 0 Å². The number of pyridine rings is 1. The molecule has 0 amide bonds. The summed E-state index contributed by atoms with van der Waals surface area (Å²) in [6.07, 6.45) is 0.476. The zero-order valence-electron chi connectivity index (χ0n) is 21.0. The number of benzene rings is 3. The van der Waals surface area contributed by atoms with Gasteiger partial charge in [0.25, 0.3) is 0 Å². The molecule has 0 radical (unpaired) electrons. The number of nitrogens with zero attached hydrogens (tertiary/aromatic N) is 2. The lowest BCUT2D eigenvalue weighted by Gasteiger charge is -2.27. The number of carbonyl (C=O) groups is 1. The molecule has 1 aliphatic heterocycles. The third-order valence-electron chi connectivity index (χ3n) is 6.65. The Bertz CT molecular complexity index is 1410. The van der Waals surface area contributed by atoms with E-state index in [4.69, 9.17) is 14.2 Å². The Morgan fingerprint density at radius 1 is 1.00 bits per heavy atom. The highest BCUT2D eigenvalue weighted by Crippen LogP contribution is 2.41. The highest BCUT2D eigenvalue weighted by Gasteiger charge is 2.35. The molecular weight excluding hydrogens is 468 g/mol. The minimum Gasteiger partial charge on any atom is -0.489 e. The lowest BCUT2D eigenvalue weighted by molar-refractivity contribution is -0.138. The van der Waals surface area contributed by atoms with Crippen LogP contribution < -0.4 is 19.1 Å². The second-order valence-electron chi connectivity index (χ2n) is 9.24.